The zero-order valence-corrected chi connectivity index (χ0v) is 7.51. The van der Waals surface area contributed by atoms with E-state index in [1.165, 1.54) is 25.7 Å². The molecule has 0 atom stereocenters. The summed E-state index contributed by atoms with van der Waals surface area (Å²) >= 11 is 0. The number of ether oxygens (including phenoxy) is 1. The van der Waals surface area contributed by atoms with Crippen LogP contribution < -0.4 is 5.73 Å². The van der Waals surface area contributed by atoms with E-state index < -0.39 is 0 Å². The molecule has 0 aromatic rings. The topological polar surface area (TPSA) is 59.1 Å². The number of nitrogens with two attached hydrogens (primary N) is 1. The molecule has 0 amide bonds. The van der Waals surface area contributed by atoms with Gasteiger partial charge in [-0.15, -0.1) is 0 Å². The maximum atomic E-state index is 6.96. The van der Waals surface area contributed by atoms with Gasteiger partial charge in [0.25, 0.3) is 0 Å². The maximum Gasteiger partial charge on any atom is 0.0928 e. The van der Waals surface area contributed by atoms with E-state index in [-0.39, 0.29) is 5.84 Å². The van der Waals surface area contributed by atoms with Crippen molar-refractivity contribution in [3.8, 4) is 0 Å². The highest BCUT2D eigenvalue weighted by molar-refractivity contribution is 5.76. The first-order chi connectivity index (χ1) is 5.79. The highest BCUT2D eigenvalue weighted by Crippen LogP contribution is 2.28. The third-order valence-corrected chi connectivity index (χ3v) is 2.41. The molecule has 0 aliphatic heterocycles. The SMILES string of the molecule is N=C(N)CCOCCC1CCC1. The summed E-state index contributed by atoms with van der Waals surface area (Å²) in [5.74, 6) is 1.14. The molecule has 0 unspecified atom stereocenters. The quantitative estimate of drug-likeness (QED) is 0.361. The van der Waals surface area contributed by atoms with Crippen LogP contribution in [0.1, 0.15) is 32.1 Å². The van der Waals surface area contributed by atoms with Crippen molar-refractivity contribution < 1.29 is 4.74 Å². The predicted molar refractivity (Wildman–Crippen MR) is 49.3 cm³/mol. The lowest BCUT2D eigenvalue weighted by molar-refractivity contribution is 0.112. The summed E-state index contributed by atoms with van der Waals surface area (Å²) in [6.45, 7) is 1.46. The van der Waals surface area contributed by atoms with Crippen molar-refractivity contribution in [3.05, 3.63) is 0 Å². The summed E-state index contributed by atoms with van der Waals surface area (Å²) in [5.41, 5.74) is 5.18. The Morgan fingerprint density at radius 2 is 2.17 bits per heavy atom. The van der Waals surface area contributed by atoms with E-state index in [9.17, 15) is 0 Å². The Labute approximate surface area is 73.8 Å². The average Bonchev–Trinajstić information content (AvgIpc) is 1.92. The van der Waals surface area contributed by atoms with Crippen molar-refractivity contribution in [1.82, 2.24) is 0 Å². The monoisotopic (exact) mass is 170 g/mol. The van der Waals surface area contributed by atoms with Gasteiger partial charge in [-0.3, -0.25) is 5.41 Å². The van der Waals surface area contributed by atoms with Crippen molar-refractivity contribution >= 4 is 5.84 Å². The van der Waals surface area contributed by atoms with E-state index in [0.717, 1.165) is 12.5 Å². The fourth-order valence-corrected chi connectivity index (χ4v) is 1.32. The molecule has 70 valence electrons. The second-order valence-corrected chi connectivity index (χ2v) is 3.47. The summed E-state index contributed by atoms with van der Waals surface area (Å²) in [6.07, 6.45) is 5.94. The van der Waals surface area contributed by atoms with Gasteiger partial charge in [-0.05, 0) is 12.3 Å². The lowest BCUT2D eigenvalue weighted by Gasteiger charge is -2.24. The molecular formula is C9H18N2O. The molecule has 3 nitrogen and oxygen atoms in total. The van der Waals surface area contributed by atoms with Gasteiger partial charge in [0.2, 0.25) is 0 Å². The Hall–Kier alpha value is -0.570. The first-order valence-electron chi connectivity index (χ1n) is 4.69. The number of rotatable bonds is 6. The van der Waals surface area contributed by atoms with Crippen LogP contribution in [-0.4, -0.2) is 19.0 Å². The number of nitrogens with one attached hydrogen (secondary N) is 1. The molecule has 0 spiro atoms. The van der Waals surface area contributed by atoms with E-state index in [0.29, 0.717) is 13.0 Å². The highest BCUT2D eigenvalue weighted by Gasteiger charge is 2.16. The molecule has 1 rings (SSSR count). The first kappa shape index (κ1) is 9.52. The minimum Gasteiger partial charge on any atom is -0.388 e. The summed E-state index contributed by atoms with van der Waals surface area (Å²) in [6, 6.07) is 0. The Morgan fingerprint density at radius 3 is 2.67 bits per heavy atom. The summed E-state index contributed by atoms with van der Waals surface area (Å²) in [7, 11) is 0. The summed E-state index contributed by atoms with van der Waals surface area (Å²) in [5, 5.41) is 6.96. The normalized spacial score (nSPS) is 17.3. The lowest BCUT2D eigenvalue weighted by atomic mass is 9.83. The van der Waals surface area contributed by atoms with Crippen LogP contribution in [0.25, 0.3) is 0 Å². The molecule has 0 aromatic heterocycles. The molecule has 0 bridgehead atoms. The smallest absolute Gasteiger partial charge is 0.0928 e. The van der Waals surface area contributed by atoms with Crippen molar-refractivity contribution in [2.45, 2.75) is 32.1 Å². The maximum absolute atomic E-state index is 6.96. The Balaban J connectivity index is 1.79. The average molecular weight is 170 g/mol. The Kier molecular flexibility index (Phi) is 4.08. The fraction of sp³-hybridized carbons (Fsp3) is 0.889. The van der Waals surface area contributed by atoms with Gasteiger partial charge < -0.3 is 10.5 Å². The zero-order chi connectivity index (χ0) is 8.81. The van der Waals surface area contributed by atoms with Crippen LogP contribution in [0.5, 0.6) is 0 Å². The van der Waals surface area contributed by atoms with Crippen molar-refractivity contribution in [2.75, 3.05) is 13.2 Å². The third kappa shape index (κ3) is 3.72. The predicted octanol–water partition coefficient (Wildman–Crippen LogP) is 1.52. The van der Waals surface area contributed by atoms with Gasteiger partial charge in [0.05, 0.1) is 12.4 Å². The molecule has 0 aromatic carbocycles. The van der Waals surface area contributed by atoms with E-state index >= 15 is 0 Å². The summed E-state index contributed by atoms with van der Waals surface area (Å²) in [4.78, 5) is 0. The lowest BCUT2D eigenvalue weighted by Crippen LogP contribution is -2.16. The molecule has 1 aliphatic rings. The number of hydrogen-bond acceptors (Lipinski definition) is 2. The van der Waals surface area contributed by atoms with Gasteiger partial charge in [-0.25, -0.2) is 0 Å². The standard InChI is InChI=1S/C9H18N2O/c10-9(11)5-7-12-6-4-8-2-1-3-8/h8H,1-7H2,(H3,10,11). The van der Waals surface area contributed by atoms with Gasteiger partial charge in [-0.1, -0.05) is 19.3 Å². The van der Waals surface area contributed by atoms with Crippen LogP contribution in [0.2, 0.25) is 0 Å². The molecule has 1 saturated carbocycles. The van der Waals surface area contributed by atoms with E-state index in [2.05, 4.69) is 0 Å². The van der Waals surface area contributed by atoms with Gasteiger partial charge in [0.1, 0.15) is 0 Å². The molecule has 12 heavy (non-hydrogen) atoms. The minimum atomic E-state index is 0.221. The van der Waals surface area contributed by atoms with E-state index in [4.69, 9.17) is 15.9 Å². The zero-order valence-electron chi connectivity index (χ0n) is 7.51. The van der Waals surface area contributed by atoms with E-state index in [1.54, 1.807) is 0 Å². The Morgan fingerprint density at radius 1 is 1.42 bits per heavy atom. The van der Waals surface area contributed by atoms with Crippen LogP contribution in [0.4, 0.5) is 0 Å². The molecular weight excluding hydrogens is 152 g/mol. The number of hydrogen-bond donors (Lipinski definition) is 2. The fourth-order valence-electron chi connectivity index (χ4n) is 1.32. The molecule has 0 saturated heterocycles. The largest absolute Gasteiger partial charge is 0.388 e. The van der Waals surface area contributed by atoms with Crippen LogP contribution in [0.15, 0.2) is 0 Å². The second-order valence-electron chi connectivity index (χ2n) is 3.47. The van der Waals surface area contributed by atoms with Crippen LogP contribution >= 0.6 is 0 Å². The highest BCUT2D eigenvalue weighted by atomic mass is 16.5. The van der Waals surface area contributed by atoms with E-state index in [1.807, 2.05) is 0 Å². The minimum absolute atomic E-state index is 0.221. The second kappa shape index (κ2) is 5.14. The molecule has 0 heterocycles. The first-order valence-corrected chi connectivity index (χ1v) is 4.69. The van der Waals surface area contributed by atoms with Crippen molar-refractivity contribution in [1.29, 1.82) is 5.41 Å². The summed E-state index contributed by atoms with van der Waals surface area (Å²) < 4.78 is 5.33. The molecule has 3 N–H and O–H groups in total. The van der Waals surface area contributed by atoms with Crippen LogP contribution in [0, 0.1) is 11.3 Å². The molecule has 3 heteroatoms. The van der Waals surface area contributed by atoms with Gasteiger partial charge >= 0.3 is 0 Å². The van der Waals surface area contributed by atoms with Crippen LogP contribution in [-0.2, 0) is 4.74 Å². The van der Waals surface area contributed by atoms with Crippen molar-refractivity contribution in [3.63, 3.8) is 0 Å². The van der Waals surface area contributed by atoms with Gasteiger partial charge in [0, 0.05) is 13.0 Å². The number of amidine groups is 1. The molecule has 1 fully saturated rings. The Bertz CT molecular complexity index is 143. The molecule has 0 radical (unpaired) electrons. The van der Waals surface area contributed by atoms with Gasteiger partial charge in [0.15, 0.2) is 0 Å². The molecule has 1 aliphatic carbocycles. The third-order valence-electron chi connectivity index (χ3n) is 2.41. The van der Waals surface area contributed by atoms with Gasteiger partial charge in [-0.2, -0.15) is 0 Å². The van der Waals surface area contributed by atoms with Crippen molar-refractivity contribution in [2.24, 2.45) is 11.7 Å². The van der Waals surface area contributed by atoms with Crippen LogP contribution in [0.3, 0.4) is 0 Å².